The molecule has 14 rings (SSSR count). The maximum atomic E-state index is 11.1. The predicted octanol–water partition coefficient (Wildman–Crippen LogP) is 4.84. The number of carbonyl (C=O) groups excluding carboxylic acids is 1. The number of hydrogen-bond donors (Lipinski definition) is 8. The van der Waals surface area contributed by atoms with Gasteiger partial charge < -0.3 is 58.1 Å². The van der Waals surface area contributed by atoms with E-state index in [1.165, 1.54) is 26.2 Å². The summed E-state index contributed by atoms with van der Waals surface area (Å²) in [5, 5.41) is 0.827. The molecule has 1 aromatic rings. The number of thioether (sulfide) groups is 2. The monoisotopic (exact) mass is 1280 g/mol. The van der Waals surface area contributed by atoms with E-state index in [1.807, 2.05) is 11.8 Å². The molecule has 13 saturated heterocycles. The molecule has 33 heteroatoms. The number of nitrogens with zero attached hydrogens (tertiary/aromatic N) is 6. The third-order valence-corrected chi connectivity index (χ3v) is 22.1. The molecule has 1 aromatic heterocycles. The number of ether oxygens (including phenoxy) is 4. The molecule has 468 valence electrons. The molecule has 13 aliphatic rings. The van der Waals surface area contributed by atoms with Crippen LogP contribution in [0, 0.1) is 36.2 Å². The average Bonchev–Trinajstić information content (AvgIpc) is 3.80. The van der Waals surface area contributed by atoms with Crippen molar-refractivity contribution < 1.29 is 117 Å². The van der Waals surface area contributed by atoms with Crippen molar-refractivity contribution in [3.05, 3.63) is 12.4 Å². The number of esters is 1. The summed E-state index contributed by atoms with van der Waals surface area (Å²) in [6.45, 7) is 15.6. The maximum Gasteiger partial charge on any atom is 0.474 e. The Kier molecular flexibility index (Phi) is 24.0. The van der Waals surface area contributed by atoms with E-state index in [9.17, 15) is 23.1 Å². The van der Waals surface area contributed by atoms with Gasteiger partial charge in [0.2, 0.25) is 5.88 Å². The van der Waals surface area contributed by atoms with Gasteiger partial charge in [-0.1, -0.05) is 32.6 Å². The molecule has 8 bridgehead atoms. The molecule has 0 saturated carbocycles. The van der Waals surface area contributed by atoms with Gasteiger partial charge in [-0.05, 0) is 19.1 Å². The molecule has 82 heavy (non-hydrogen) atoms. The van der Waals surface area contributed by atoms with Crippen molar-refractivity contribution in [3.63, 3.8) is 0 Å². The van der Waals surface area contributed by atoms with E-state index in [0.29, 0.717) is 67.1 Å². The summed E-state index contributed by atoms with van der Waals surface area (Å²) in [6, 6.07) is 0. The van der Waals surface area contributed by atoms with Gasteiger partial charge in [0.25, 0.3) is 0 Å². The highest BCUT2D eigenvalue weighted by atomic mass is 32.2. The van der Waals surface area contributed by atoms with Crippen LogP contribution in [0.3, 0.4) is 0 Å². The zero-order valence-electron chi connectivity index (χ0n) is 47.2. The number of fused-ring (bicyclic) bond motifs is 11. The van der Waals surface area contributed by atoms with Crippen LogP contribution in [-0.4, -0.2) is 219 Å². The van der Waals surface area contributed by atoms with Crippen molar-refractivity contribution >= 4 is 60.8 Å². The topological polar surface area (TPSA) is 347 Å². The first-order valence-electron chi connectivity index (χ1n) is 28.4. The number of rotatable bonds is 22. The van der Waals surface area contributed by atoms with Crippen molar-refractivity contribution in [1.29, 1.82) is 0 Å². The highest BCUT2D eigenvalue weighted by molar-refractivity contribution is 8.00. The number of quaternary nitrogens is 4. The number of hydrogen-bond acceptors (Lipinski definition) is 17. The van der Waals surface area contributed by atoms with Crippen molar-refractivity contribution in [1.82, 2.24) is 9.97 Å². The SMILES string of the molecule is C#COC1C[N+]2(COP(=O)(O)O)CCC1CC2.CC(=O)OC1C[N+]2(COP(=O)(O)O)CCC1CC2.CCCCCCSc1nccnc1O[C@@H]1C[N+]2(COP(=O)(O)O)CCC1CC2.C[C@H]1O[C@@]2(CS1)C[N+]1(COP(=O)(O)O)CCC2CC1. The quantitative estimate of drug-likeness (QED) is 0.0192. The Morgan fingerprint density at radius 1 is 0.671 bits per heavy atom. The van der Waals surface area contributed by atoms with Gasteiger partial charge in [0.15, 0.2) is 50.3 Å². The lowest BCUT2D eigenvalue weighted by atomic mass is 9.74. The molecule has 13 aliphatic heterocycles. The van der Waals surface area contributed by atoms with Crippen LogP contribution in [0.1, 0.15) is 97.8 Å². The van der Waals surface area contributed by atoms with Crippen LogP contribution < -0.4 is 4.74 Å². The van der Waals surface area contributed by atoms with E-state index in [4.69, 9.17) is 73.6 Å². The lowest BCUT2D eigenvalue weighted by Gasteiger charge is -2.56. The molecule has 27 nitrogen and oxygen atoms in total. The normalized spacial score (nSPS) is 35.3. The number of carbonyl (C=O) groups is 1. The highest BCUT2D eigenvalue weighted by Crippen LogP contribution is 2.51. The number of aromatic nitrogens is 2. The third-order valence-electron chi connectivity index (χ3n) is 18.0. The second kappa shape index (κ2) is 28.9. The number of unbranched alkanes of at least 4 members (excludes halogenated alkanes) is 3. The summed E-state index contributed by atoms with van der Waals surface area (Å²) in [7, 11) is -17.7. The fraction of sp³-hybridized carbons (Fsp3) is 0.857. The zero-order chi connectivity index (χ0) is 59.7. The molecule has 0 aromatic carbocycles. The van der Waals surface area contributed by atoms with Crippen LogP contribution >= 0.6 is 54.8 Å². The number of phosphoric ester groups is 4. The third kappa shape index (κ3) is 20.1. The number of phosphoric acid groups is 4. The van der Waals surface area contributed by atoms with Crippen molar-refractivity contribution in [2.24, 2.45) is 23.7 Å². The van der Waals surface area contributed by atoms with Gasteiger partial charge in [0.1, 0.15) is 43.3 Å². The van der Waals surface area contributed by atoms with E-state index in [2.05, 4.69) is 39.0 Å². The summed E-state index contributed by atoms with van der Waals surface area (Å²) in [4.78, 5) is 90.9. The van der Waals surface area contributed by atoms with E-state index in [0.717, 1.165) is 133 Å². The van der Waals surface area contributed by atoms with Crippen LogP contribution in [-0.2, 0) is 55.4 Å². The minimum atomic E-state index is -4.47. The molecule has 0 amide bonds. The Morgan fingerprint density at radius 2 is 1.11 bits per heavy atom. The van der Waals surface area contributed by atoms with Crippen molar-refractivity contribution in [3.8, 4) is 18.4 Å². The molecule has 2 unspecified atom stereocenters. The van der Waals surface area contributed by atoms with Crippen LogP contribution in [0.4, 0.5) is 0 Å². The summed E-state index contributed by atoms with van der Waals surface area (Å²) in [6.07, 6.45) is 23.2. The first-order valence-corrected chi connectivity index (χ1v) is 36.5. The molecule has 0 radical (unpaired) electrons. The Labute approximate surface area is 489 Å². The fourth-order valence-corrected chi connectivity index (χ4v) is 17.3. The summed E-state index contributed by atoms with van der Waals surface area (Å²) >= 11 is 3.53. The van der Waals surface area contributed by atoms with Crippen molar-refractivity contribution in [2.75, 3.05) is 117 Å². The van der Waals surface area contributed by atoms with Gasteiger partial charge >= 0.3 is 37.3 Å². The Balaban J connectivity index is 0.000000161. The van der Waals surface area contributed by atoms with Gasteiger partial charge in [0, 0.05) is 100 Å². The fourth-order valence-electron chi connectivity index (χ4n) is 13.7. The second-order valence-corrected chi connectivity index (χ2v) is 31.2. The minimum absolute atomic E-state index is 0.0112. The largest absolute Gasteiger partial charge is 0.474 e. The van der Waals surface area contributed by atoms with Crippen LogP contribution in [0.2, 0.25) is 0 Å². The van der Waals surface area contributed by atoms with E-state index in [-0.39, 0.29) is 62.2 Å². The first kappa shape index (κ1) is 68.1. The molecule has 8 N–H and O–H groups in total. The summed E-state index contributed by atoms with van der Waals surface area (Å²) < 4.78 is 87.7. The average molecular weight is 1290 g/mol. The minimum Gasteiger partial charge on any atom is -0.466 e. The molecular weight excluding hydrogens is 1200 g/mol. The summed E-state index contributed by atoms with van der Waals surface area (Å²) in [5.41, 5.74) is 0.127. The first-order chi connectivity index (χ1) is 38.5. The molecular formula is C49H88N6O21P4S2+4. The van der Waals surface area contributed by atoms with Crippen LogP contribution in [0.15, 0.2) is 17.4 Å². The smallest absolute Gasteiger partial charge is 0.466 e. The van der Waals surface area contributed by atoms with Crippen molar-refractivity contribution in [2.45, 2.75) is 132 Å². The second-order valence-electron chi connectivity index (χ2n) is 23.9. The van der Waals surface area contributed by atoms with Gasteiger partial charge in [-0.25, -0.2) is 46.3 Å². The van der Waals surface area contributed by atoms with E-state index in [1.54, 1.807) is 24.2 Å². The zero-order valence-corrected chi connectivity index (χ0v) is 52.4. The highest BCUT2D eigenvalue weighted by Gasteiger charge is 2.59. The van der Waals surface area contributed by atoms with Crippen LogP contribution in [0.25, 0.3) is 0 Å². The molecule has 5 atom stereocenters. The molecule has 13 fully saturated rings. The molecule has 14 heterocycles. The van der Waals surface area contributed by atoms with Gasteiger partial charge in [-0.15, -0.1) is 23.5 Å². The summed E-state index contributed by atoms with van der Waals surface area (Å²) in [5.74, 6) is 4.16. The Hall–Kier alpha value is -1.35. The maximum absolute atomic E-state index is 11.1. The van der Waals surface area contributed by atoms with Crippen LogP contribution in [0.5, 0.6) is 5.88 Å². The van der Waals surface area contributed by atoms with Gasteiger partial charge in [-0.2, -0.15) is 0 Å². The number of piperidine rings is 12. The van der Waals surface area contributed by atoms with E-state index < -0.39 is 31.3 Å². The number of terminal acetylenes is 1. The van der Waals surface area contributed by atoms with Gasteiger partial charge in [-0.3, -0.25) is 22.7 Å². The molecule has 0 aliphatic carbocycles. The predicted molar refractivity (Wildman–Crippen MR) is 299 cm³/mol. The Morgan fingerprint density at radius 3 is 1.56 bits per heavy atom. The standard InChI is InChI=1S/C18H30N3O5PS.C11H20NO5PS.C10H18NO6P.C10H16NO5P/c1-2-3-4-5-12-28-18-17(19-8-9-20-18)26-16-13-21(14-25-27(22,23)24)10-6-15(16)7-11-21;1-9-17-11(7-19-9)6-12(8-16-18(13,14)15)4-2-10(11)3-5-12;1-8(12)17-10-6-11(7-16-18(13,14)15)4-2-9(10)3-5-11;1-2-15-10-7-11(8-16-17(12,13)14)5-3-9(10)4-6-11/h8-9,15-16H,2-7,10-14H2,1H3,(H-,22,23,24);9-10H,2-8H2,1H3,(H-,13,14,15);9-10H,2-7H2,1H3,(H-,13,14,15);1,9-10H,3-8H2,(H-,12,13,14)/p+4/t15?,16-,21?;9-,10?,11+,12?;;/m10../s1. The Bertz CT molecular complexity index is 2490. The molecule has 1 spiro atoms. The van der Waals surface area contributed by atoms with E-state index >= 15 is 0 Å². The lowest BCUT2D eigenvalue weighted by molar-refractivity contribution is -0.963. The van der Waals surface area contributed by atoms with Gasteiger partial charge in [0.05, 0.1) is 52.4 Å². The lowest BCUT2D eigenvalue weighted by Crippen LogP contribution is -2.70.